The molecule has 0 bridgehead atoms. The first-order valence-electron chi connectivity index (χ1n) is 10.6. The molecule has 2 heterocycles. The summed E-state index contributed by atoms with van der Waals surface area (Å²) in [5.41, 5.74) is 3.70. The van der Waals surface area contributed by atoms with Gasteiger partial charge in [0.15, 0.2) is 0 Å². The van der Waals surface area contributed by atoms with Crippen molar-refractivity contribution in [2.24, 2.45) is 0 Å². The summed E-state index contributed by atoms with van der Waals surface area (Å²) in [7, 11) is 0. The Kier molecular flexibility index (Phi) is 7.34. The van der Waals surface area contributed by atoms with E-state index in [-0.39, 0.29) is 11.9 Å². The van der Waals surface area contributed by atoms with Gasteiger partial charge < -0.3 is 24.9 Å². The van der Waals surface area contributed by atoms with Crippen LogP contribution in [0.1, 0.15) is 33.1 Å². The molecule has 9 heteroatoms. The molecule has 0 radical (unpaired) electrons. The number of hydrogen-bond acceptors (Lipinski definition) is 6. The normalized spacial score (nSPS) is 10.6. The number of nitrogens with one attached hydrogen (secondary N) is 3. The Hall–Kier alpha value is -3.98. The van der Waals surface area contributed by atoms with Crippen LogP contribution in [-0.4, -0.2) is 17.1 Å². The van der Waals surface area contributed by atoms with Crippen molar-refractivity contribution < 1.29 is 18.5 Å². The Morgan fingerprint density at radius 2 is 1.68 bits per heavy atom. The fraction of sp³-hybridized carbons (Fsp3) is 0.160. The summed E-state index contributed by atoms with van der Waals surface area (Å²) >= 11 is 1.56. The Labute approximate surface area is 201 Å². The van der Waals surface area contributed by atoms with Crippen LogP contribution in [0.25, 0.3) is 0 Å². The molecule has 0 saturated heterocycles. The largest absolute Gasteiger partial charge is 0.467 e. The highest BCUT2D eigenvalue weighted by Crippen LogP contribution is 2.29. The average molecular weight is 477 g/mol. The number of nitrogens with zero attached hydrogens (tertiary/aromatic N) is 1. The first-order valence-corrected chi connectivity index (χ1v) is 11.6. The van der Waals surface area contributed by atoms with Crippen molar-refractivity contribution >= 4 is 35.1 Å². The fourth-order valence-corrected chi connectivity index (χ4v) is 4.43. The molecule has 0 aliphatic heterocycles. The lowest BCUT2D eigenvalue weighted by atomic mass is 10.2. The van der Waals surface area contributed by atoms with Gasteiger partial charge in [0.2, 0.25) is 0 Å². The van der Waals surface area contributed by atoms with Crippen LogP contribution < -0.4 is 16.0 Å². The van der Waals surface area contributed by atoms with Gasteiger partial charge in [-0.05, 0) is 62.4 Å². The van der Waals surface area contributed by atoms with Crippen molar-refractivity contribution in [1.82, 2.24) is 10.5 Å². The van der Waals surface area contributed by atoms with Gasteiger partial charge in [-0.15, -0.1) is 11.8 Å². The number of carbonyl (C=O) groups excluding carboxylic acids is 2. The van der Waals surface area contributed by atoms with Crippen LogP contribution in [0.4, 0.5) is 16.2 Å². The van der Waals surface area contributed by atoms with Crippen LogP contribution in [0.3, 0.4) is 0 Å². The Bertz CT molecular complexity index is 1250. The summed E-state index contributed by atoms with van der Waals surface area (Å²) in [5, 5.41) is 12.4. The standard InChI is InChI=1S/C25H24N4O4S/c1-16-22(17(2)33-29-16)15-34-23-8-4-3-7-21(23)24(30)27-18-9-11-19(12-10-18)28-25(31)26-14-20-6-5-13-32-20/h3-13H,14-15H2,1-2H3,(H,27,30)(H2,26,28,31). The van der Waals surface area contributed by atoms with E-state index in [4.69, 9.17) is 8.94 Å². The lowest BCUT2D eigenvalue weighted by Crippen LogP contribution is -2.27. The van der Waals surface area contributed by atoms with Gasteiger partial charge in [-0.2, -0.15) is 0 Å². The molecule has 4 aromatic rings. The highest BCUT2D eigenvalue weighted by molar-refractivity contribution is 7.98. The zero-order valence-electron chi connectivity index (χ0n) is 18.8. The predicted molar refractivity (Wildman–Crippen MR) is 131 cm³/mol. The van der Waals surface area contributed by atoms with Crippen molar-refractivity contribution in [2.45, 2.75) is 31.0 Å². The van der Waals surface area contributed by atoms with E-state index >= 15 is 0 Å². The van der Waals surface area contributed by atoms with Gasteiger partial charge in [0.25, 0.3) is 5.91 Å². The Morgan fingerprint density at radius 3 is 2.35 bits per heavy atom. The third kappa shape index (κ3) is 5.87. The summed E-state index contributed by atoms with van der Waals surface area (Å²) in [5.74, 6) is 1.90. The van der Waals surface area contributed by atoms with Gasteiger partial charge in [0.1, 0.15) is 11.5 Å². The summed E-state index contributed by atoms with van der Waals surface area (Å²) in [6.07, 6.45) is 1.55. The van der Waals surface area contributed by atoms with Crippen molar-refractivity contribution in [3.05, 3.63) is 95.3 Å². The van der Waals surface area contributed by atoms with Gasteiger partial charge in [-0.3, -0.25) is 4.79 Å². The minimum Gasteiger partial charge on any atom is -0.467 e. The zero-order chi connectivity index (χ0) is 23.9. The van der Waals surface area contributed by atoms with Gasteiger partial charge >= 0.3 is 6.03 Å². The molecule has 8 nitrogen and oxygen atoms in total. The first kappa shape index (κ1) is 23.2. The lowest BCUT2D eigenvalue weighted by Gasteiger charge is -2.11. The summed E-state index contributed by atoms with van der Waals surface area (Å²) in [4.78, 5) is 25.8. The van der Waals surface area contributed by atoms with Crippen LogP contribution in [0.5, 0.6) is 0 Å². The number of amides is 3. The molecule has 2 aromatic carbocycles. The van der Waals surface area contributed by atoms with Crippen molar-refractivity contribution in [2.75, 3.05) is 10.6 Å². The molecule has 3 N–H and O–H groups in total. The maximum absolute atomic E-state index is 12.9. The third-order valence-corrected chi connectivity index (χ3v) is 6.19. The molecule has 0 spiro atoms. The molecular weight excluding hydrogens is 452 g/mol. The SMILES string of the molecule is Cc1noc(C)c1CSc1ccccc1C(=O)Nc1ccc(NC(=O)NCc2ccco2)cc1. The number of aryl methyl sites for hydroxylation is 2. The smallest absolute Gasteiger partial charge is 0.319 e. The van der Waals surface area contributed by atoms with Crippen molar-refractivity contribution in [3.8, 4) is 0 Å². The molecule has 34 heavy (non-hydrogen) atoms. The van der Waals surface area contributed by atoms with Gasteiger partial charge in [0.05, 0.1) is 24.1 Å². The molecule has 0 saturated carbocycles. The molecular formula is C25H24N4O4S. The summed E-state index contributed by atoms with van der Waals surface area (Å²) < 4.78 is 10.4. The monoisotopic (exact) mass is 476 g/mol. The van der Waals surface area contributed by atoms with E-state index < -0.39 is 0 Å². The zero-order valence-corrected chi connectivity index (χ0v) is 19.6. The molecule has 0 unspecified atom stereocenters. The maximum atomic E-state index is 12.9. The van der Waals surface area contributed by atoms with E-state index in [2.05, 4.69) is 21.1 Å². The Morgan fingerprint density at radius 1 is 0.941 bits per heavy atom. The van der Waals surface area contributed by atoms with Crippen LogP contribution in [-0.2, 0) is 12.3 Å². The van der Waals surface area contributed by atoms with Crippen molar-refractivity contribution in [1.29, 1.82) is 0 Å². The number of rotatable bonds is 8. The number of urea groups is 1. The number of aromatic nitrogens is 1. The van der Waals surface area contributed by atoms with Gasteiger partial charge in [-0.25, -0.2) is 4.79 Å². The van der Waals surface area contributed by atoms with E-state index in [0.717, 1.165) is 21.9 Å². The molecule has 4 rings (SSSR count). The minimum absolute atomic E-state index is 0.209. The van der Waals surface area contributed by atoms with Crippen LogP contribution in [0.2, 0.25) is 0 Å². The number of benzene rings is 2. The number of furan rings is 1. The lowest BCUT2D eigenvalue weighted by molar-refractivity contribution is 0.102. The molecule has 0 fully saturated rings. The second-order valence-corrected chi connectivity index (χ2v) is 8.52. The molecule has 3 amide bonds. The van der Waals surface area contributed by atoms with Crippen LogP contribution in [0.15, 0.2) is 80.8 Å². The third-order valence-electron chi connectivity index (χ3n) is 5.09. The maximum Gasteiger partial charge on any atom is 0.319 e. The van der Waals surface area contributed by atoms with E-state index in [1.165, 1.54) is 0 Å². The molecule has 0 aliphatic rings. The number of hydrogen-bond donors (Lipinski definition) is 3. The van der Waals surface area contributed by atoms with E-state index in [9.17, 15) is 9.59 Å². The number of carbonyl (C=O) groups is 2. The van der Waals surface area contributed by atoms with Crippen molar-refractivity contribution in [3.63, 3.8) is 0 Å². The summed E-state index contributed by atoms with van der Waals surface area (Å²) in [6, 6.07) is 17.6. The Balaban J connectivity index is 1.34. The van der Waals surface area contributed by atoms with Gasteiger partial charge in [0, 0.05) is 27.6 Å². The summed E-state index contributed by atoms with van der Waals surface area (Å²) in [6.45, 7) is 4.09. The second-order valence-electron chi connectivity index (χ2n) is 7.51. The average Bonchev–Trinajstić information content (AvgIpc) is 3.47. The van der Waals surface area contributed by atoms with Crippen LogP contribution >= 0.6 is 11.8 Å². The number of anilines is 2. The molecule has 0 aliphatic carbocycles. The highest BCUT2D eigenvalue weighted by Gasteiger charge is 2.15. The van der Waals surface area contributed by atoms with Crippen LogP contribution in [0, 0.1) is 13.8 Å². The topological polar surface area (TPSA) is 109 Å². The van der Waals surface area contributed by atoms with Gasteiger partial charge in [-0.1, -0.05) is 17.3 Å². The number of thioether (sulfide) groups is 1. The van der Waals surface area contributed by atoms with E-state index in [0.29, 0.717) is 35.0 Å². The highest BCUT2D eigenvalue weighted by atomic mass is 32.2. The first-order chi connectivity index (χ1) is 16.5. The molecule has 2 aromatic heterocycles. The van der Waals surface area contributed by atoms with E-state index in [1.807, 2.05) is 32.0 Å². The molecule has 0 atom stereocenters. The fourth-order valence-electron chi connectivity index (χ4n) is 3.23. The predicted octanol–water partition coefficient (Wildman–Crippen LogP) is 5.75. The molecule has 174 valence electrons. The minimum atomic E-state index is -0.350. The second kappa shape index (κ2) is 10.8. The van der Waals surface area contributed by atoms with E-state index in [1.54, 1.807) is 60.5 Å². The quantitative estimate of drug-likeness (QED) is 0.279.